The molecule has 0 saturated carbocycles. The van der Waals surface area contributed by atoms with E-state index < -0.39 is 17.7 Å². The van der Waals surface area contributed by atoms with Crippen molar-refractivity contribution < 1.29 is 28.9 Å². The second-order valence-electron chi connectivity index (χ2n) is 8.56. The average Bonchev–Trinajstić information content (AvgIpc) is 3.14. The van der Waals surface area contributed by atoms with E-state index >= 15 is 0 Å². The fraction of sp³-hybridized carbons (Fsp3) is 0.241. The predicted molar refractivity (Wildman–Crippen MR) is 138 cm³/mol. The molecule has 0 aliphatic carbocycles. The zero-order valence-electron chi connectivity index (χ0n) is 20.7. The molecule has 7 heteroatoms. The van der Waals surface area contributed by atoms with Crippen LogP contribution in [0.2, 0.25) is 0 Å². The lowest BCUT2D eigenvalue weighted by molar-refractivity contribution is -0.132. The number of ether oxygens (including phenoxy) is 3. The lowest BCUT2D eigenvalue weighted by Gasteiger charge is -2.26. The third-order valence-corrected chi connectivity index (χ3v) is 5.78. The molecule has 186 valence electrons. The number of ketones is 1. The largest absolute Gasteiger partial charge is 0.507 e. The number of aliphatic hydroxyl groups is 1. The molecular weight excluding hydrogens is 458 g/mol. The van der Waals surface area contributed by atoms with Crippen molar-refractivity contribution >= 4 is 23.1 Å². The van der Waals surface area contributed by atoms with Gasteiger partial charge in [0.2, 0.25) is 0 Å². The molecule has 36 heavy (non-hydrogen) atoms. The Labute approximate surface area is 210 Å². The van der Waals surface area contributed by atoms with E-state index in [1.807, 2.05) is 20.8 Å². The van der Waals surface area contributed by atoms with Gasteiger partial charge in [0.05, 0.1) is 31.4 Å². The van der Waals surface area contributed by atoms with Gasteiger partial charge in [0.15, 0.2) is 0 Å². The Morgan fingerprint density at radius 3 is 2.22 bits per heavy atom. The number of anilines is 1. The maximum absolute atomic E-state index is 13.3. The summed E-state index contributed by atoms with van der Waals surface area (Å²) in [5.74, 6) is 0.0939. The number of benzene rings is 3. The molecule has 0 spiro atoms. The second-order valence-corrected chi connectivity index (χ2v) is 8.56. The Morgan fingerprint density at radius 2 is 1.61 bits per heavy atom. The third-order valence-electron chi connectivity index (χ3n) is 5.78. The van der Waals surface area contributed by atoms with Crippen LogP contribution < -0.4 is 19.1 Å². The summed E-state index contributed by atoms with van der Waals surface area (Å²) in [5.41, 5.74) is 1.55. The van der Waals surface area contributed by atoms with Gasteiger partial charge >= 0.3 is 0 Å². The van der Waals surface area contributed by atoms with E-state index in [-0.39, 0.29) is 17.4 Å². The minimum Gasteiger partial charge on any atom is -0.507 e. The number of hydrogen-bond donors (Lipinski definition) is 1. The van der Waals surface area contributed by atoms with E-state index in [0.29, 0.717) is 40.7 Å². The SMILES string of the molecule is CCOc1ccc(/C(O)=C2\C(=O)C(=O)N(c3cccc(OC)c3)C2c2ccc(OC(C)C)cc2)cc1. The number of carbonyl (C=O) groups excluding carboxylic acids is 2. The van der Waals surface area contributed by atoms with Crippen molar-refractivity contribution in [3.05, 3.63) is 89.5 Å². The van der Waals surface area contributed by atoms with Crippen LogP contribution >= 0.6 is 0 Å². The zero-order valence-corrected chi connectivity index (χ0v) is 20.7. The van der Waals surface area contributed by atoms with Crippen LogP contribution in [0.5, 0.6) is 17.2 Å². The standard InChI is InChI=1S/C29H29NO6/c1-5-35-22-13-11-20(12-14-22)27(31)25-26(19-9-15-23(16-10-19)36-18(2)3)30(29(33)28(25)32)21-7-6-8-24(17-21)34-4/h6-18,26,31H,5H2,1-4H3/b27-25+. The van der Waals surface area contributed by atoms with Crippen LogP contribution in [0.4, 0.5) is 5.69 Å². The van der Waals surface area contributed by atoms with E-state index in [4.69, 9.17) is 14.2 Å². The fourth-order valence-electron chi connectivity index (χ4n) is 4.21. The number of hydrogen-bond acceptors (Lipinski definition) is 6. The average molecular weight is 488 g/mol. The van der Waals surface area contributed by atoms with Crippen LogP contribution in [0.15, 0.2) is 78.4 Å². The van der Waals surface area contributed by atoms with E-state index in [2.05, 4.69) is 0 Å². The van der Waals surface area contributed by atoms with Gasteiger partial charge in [-0.05, 0) is 74.9 Å². The molecule has 7 nitrogen and oxygen atoms in total. The van der Waals surface area contributed by atoms with Crippen molar-refractivity contribution in [2.75, 3.05) is 18.6 Å². The minimum absolute atomic E-state index is 0.00192. The monoisotopic (exact) mass is 487 g/mol. The first-order chi connectivity index (χ1) is 17.3. The minimum atomic E-state index is -0.850. The molecule has 1 saturated heterocycles. The summed E-state index contributed by atoms with van der Waals surface area (Å²) in [6.45, 7) is 6.25. The van der Waals surface area contributed by atoms with E-state index in [1.165, 1.54) is 12.0 Å². The Balaban J connectivity index is 1.86. The fourth-order valence-corrected chi connectivity index (χ4v) is 4.21. The van der Waals surface area contributed by atoms with Crippen LogP contribution in [-0.4, -0.2) is 36.6 Å². The highest BCUT2D eigenvalue weighted by molar-refractivity contribution is 6.51. The highest BCUT2D eigenvalue weighted by atomic mass is 16.5. The molecular formula is C29H29NO6. The van der Waals surface area contributed by atoms with E-state index in [1.54, 1.807) is 72.8 Å². The predicted octanol–water partition coefficient (Wildman–Crippen LogP) is 5.51. The zero-order chi connectivity index (χ0) is 25.8. The Kier molecular flexibility index (Phi) is 7.29. The van der Waals surface area contributed by atoms with Crippen LogP contribution in [-0.2, 0) is 9.59 Å². The number of Topliss-reactive ketones (excluding diaryl/α,β-unsaturated/α-hetero) is 1. The van der Waals surface area contributed by atoms with Gasteiger partial charge in [0.1, 0.15) is 23.0 Å². The molecule has 1 amide bonds. The Bertz CT molecular complexity index is 1280. The highest BCUT2D eigenvalue weighted by Gasteiger charge is 2.47. The van der Waals surface area contributed by atoms with Crippen molar-refractivity contribution in [2.24, 2.45) is 0 Å². The van der Waals surface area contributed by atoms with Crippen molar-refractivity contribution in [3.63, 3.8) is 0 Å². The number of nitrogens with zero attached hydrogens (tertiary/aromatic N) is 1. The Morgan fingerprint density at radius 1 is 0.944 bits per heavy atom. The van der Waals surface area contributed by atoms with Gasteiger partial charge in [-0.1, -0.05) is 18.2 Å². The first-order valence-corrected chi connectivity index (χ1v) is 11.8. The summed E-state index contributed by atoms with van der Waals surface area (Å²) in [6, 6.07) is 20.0. The lowest BCUT2D eigenvalue weighted by atomic mass is 9.95. The van der Waals surface area contributed by atoms with E-state index in [9.17, 15) is 14.7 Å². The van der Waals surface area contributed by atoms with Gasteiger partial charge in [-0.25, -0.2) is 0 Å². The molecule has 0 aromatic heterocycles. The number of aliphatic hydroxyl groups excluding tert-OH is 1. The topological polar surface area (TPSA) is 85.3 Å². The van der Waals surface area contributed by atoms with Crippen LogP contribution in [0, 0.1) is 0 Å². The molecule has 3 aromatic carbocycles. The van der Waals surface area contributed by atoms with Crippen molar-refractivity contribution in [1.82, 2.24) is 0 Å². The lowest BCUT2D eigenvalue weighted by Crippen LogP contribution is -2.29. The summed E-state index contributed by atoms with van der Waals surface area (Å²) in [5, 5.41) is 11.3. The summed E-state index contributed by atoms with van der Waals surface area (Å²) >= 11 is 0. The molecule has 0 radical (unpaired) electrons. The molecule has 1 unspecified atom stereocenters. The maximum Gasteiger partial charge on any atom is 0.300 e. The van der Waals surface area contributed by atoms with Gasteiger partial charge < -0.3 is 19.3 Å². The molecule has 1 aliphatic heterocycles. The number of carbonyl (C=O) groups is 2. The first-order valence-electron chi connectivity index (χ1n) is 11.8. The number of methoxy groups -OCH3 is 1. The summed E-state index contributed by atoms with van der Waals surface area (Å²) < 4.78 is 16.6. The number of rotatable bonds is 8. The van der Waals surface area contributed by atoms with Gasteiger partial charge in [-0.3, -0.25) is 14.5 Å². The maximum atomic E-state index is 13.3. The molecule has 1 heterocycles. The highest BCUT2D eigenvalue weighted by Crippen LogP contribution is 2.43. The molecule has 0 bridgehead atoms. The van der Waals surface area contributed by atoms with Gasteiger partial charge in [-0.15, -0.1) is 0 Å². The summed E-state index contributed by atoms with van der Waals surface area (Å²) in [7, 11) is 1.53. The normalized spacial score (nSPS) is 16.9. The molecule has 4 rings (SSSR count). The first kappa shape index (κ1) is 24.9. The summed E-state index contributed by atoms with van der Waals surface area (Å²) in [6.07, 6.45) is -0.00192. The number of amides is 1. The van der Waals surface area contributed by atoms with Gasteiger partial charge in [-0.2, -0.15) is 0 Å². The van der Waals surface area contributed by atoms with Gasteiger partial charge in [0, 0.05) is 17.3 Å². The quantitative estimate of drug-likeness (QED) is 0.256. The van der Waals surface area contributed by atoms with Crippen LogP contribution in [0.1, 0.15) is 37.9 Å². The van der Waals surface area contributed by atoms with Crippen LogP contribution in [0.25, 0.3) is 5.76 Å². The molecule has 1 fully saturated rings. The van der Waals surface area contributed by atoms with Gasteiger partial charge in [0.25, 0.3) is 11.7 Å². The van der Waals surface area contributed by atoms with Crippen molar-refractivity contribution in [3.8, 4) is 17.2 Å². The molecule has 3 aromatic rings. The van der Waals surface area contributed by atoms with Crippen LogP contribution in [0.3, 0.4) is 0 Å². The third kappa shape index (κ3) is 4.91. The Hall–Kier alpha value is -4.26. The van der Waals surface area contributed by atoms with Crippen molar-refractivity contribution in [2.45, 2.75) is 32.9 Å². The molecule has 1 N–H and O–H groups in total. The molecule has 1 aliphatic rings. The molecule has 1 atom stereocenters. The van der Waals surface area contributed by atoms with Crippen molar-refractivity contribution in [1.29, 1.82) is 0 Å². The van der Waals surface area contributed by atoms with E-state index in [0.717, 1.165) is 0 Å². The second kappa shape index (κ2) is 10.6. The smallest absolute Gasteiger partial charge is 0.300 e. The summed E-state index contributed by atoms with van der Waals surface area (Å²) in [4.78, 5) is 28.1.